The van der Waals surface area contributed by atoms with Crippen molar-refractivity contribution in [1.82, 2.24) is 0 Å². The van der Waals surface area contributed by atoms with E-state index >= 15 is 0 Å². The van der Waals surface area contributed by atoms with Crippen LogP contribution in [0.2, 0.25) is 0 Å². The van der Waals surface area contributed by atoms with E-state index in [4.69, 9.17) is 18.9 Å². The fraction of sp³-hybridized carbons (Fsp3) is 0.375. The molecule has 22 heavy (non-hydrogen) atoms. The fourth-order valence-electron chi connectivity index (χ4n) is 1.73. The minimum atomic E-state index is -0.745. The maximum Gasteiger partial charge on any atom is 0.345 e. The minimum absolute atomic E-state index is 0.158. The van der Waals surface area contributed by atoms with Gasteiger partial charge in [-0.05, 0) is 38.1 Å². The second-order valence-corrected chi connectivity index (χ2v) is 4.11. The molecule has 0 fully saturated rings. The zero-order chi connectivity index (χ0) is 16.5. The lowest BCUT2D eigenvalue weighted by molar-refractivity contribution is -0.146. The zero-order valence-electron chi connectivity index (χ0n) is 13.2. The van der Waals surface area contributed by atoms with Gasteiger partial charge in [-0.2, -0.15) is 0 Å². The van der Waals surface area contributed by atoms with Crippen molar-refractivity contribution in [2.24, 2.45) is 0 Å². The van der Waals surface area contributed by atoms with Crippen LogP contribution in [0.3, 0.4) is 0 Å². The van der Waals surface area contributed by atoms with Crippen molar-refractivity contribution >= 4 is 18.0 Å². The summed E-state index contributed by atoms with van der Waals surface area (Å²) in [6.45, 7) is 3.63. The molecular weight excluding hydrogens is 288 g/mol. The molecular formula is C16H20O6. The van der Waals surface area contributed by atoms with Crippen molar-refractivity contribution in [3.8, 4) is 11.5 Å². The SMILES string of the molecule is CCOC(=O)C(=Cc1cc(OC)ccc1OC)C(=O)OCC. The normalized spacial score (nSPS) is 9.64. The molecule has 0 heterocycles. The van der Waals surface area contributed by atoms with Gasteiger partial charge in [-0.1, -0.05) is 0 Å². The molecule has 1 rings (SSSR count). The Morgan fingerprint density at radius 2 is 1.59 bits per heavy atom. The molecule has 0 amide bonds. The van der Waals surface area contributed by atoms with Gasteiger partial charge in [0.15, 0.2) is 0 Å². The molecule has 0 aliphatic heterocycles. The van der Waals surface area contributed by atoms with Crippen LogP contribution >= 0.6 is 0 Å². The topological polar surface area (TPSA) is 71.1 Å². The van der Waals surface area contributed by atoms with Gasteiger partial charge < -0.3 is 18.9 Å². The Balaban J connectivity index is 3.30. The van der Waals surface area contributed by atoms with Gasteiger partial charge in [-0.15, -0.1) is 0 Å². The van der Waals surface area contributed by atoms with Crippen LogP contribution in [0.1, 0.15) is 19.4 Å². The second kappa shape index (κ2) is 8.71. The van der Waals surface area contributed by atoms with Gasteiger partial charge in [0.2, 0.25) is 0 Å². The fourth-order valence-corrected chi connectivity index (χ4v) is 1.73. The van der Waals surface area contributed by atoms with Gasteiger partial charge in [0.1, 0.15) is 17.1 Å². The Bertz CT molecular complexity index is 542. The highest BCUT2D eigenvalue weighted by atomic mass is 16.6. The van der Waals surface area contributed by atoms with Gasteiger partial charge >= 0.3 is 11.9 Å². The van der Waals surface area contributed by atoms with Crippen LogP contribution in [0.4, 0.5) is 0 Å². The molecule has 0 spiro atoms. The summed E-state index contributed by atoms with van der Waals surface area (Å²) in [5, 5.41) is 0. The first-order chi connectivity index (χ1) is 10.6. The van der Waals surface area contributed by atoms with Gasteiger partial charge in [0.25, 0.3) is 0 Å². The third-order valence-electron chi connectivity index (χ3n) is 2.73. The lowest BCUT2D eigenvalue weighted by Gasteiger charge is -2.10. The maximum absolute atomic E-state index is 12.0. The van der Waals surface area contributed by atoms with Gasteiger partial charge in [-0.25, -0.2) is 9.59 Å². The van der Waals surface area contributed by atoms with E-state index in [0.29, 0.717) is 17.1 Å². The molecule has 120 valence electrons. The molecule has 0 bridgehead atoms. The van der Waals surface area contributed by atoms with Gasteiger partial charge in [0, 0.05) is 5.56 Å². The Labute approximate surface area is 129 Å². The van der Waals surface area contributed by atoms with E-state index in [1.54, 1.807) is 32.0 Å². The first-order valence-electron chi connectivity index (χ1n) is 6.85. The van der Waals surface area contributed by atoms with E-state index in [1.807, 2.05) is 0 Å². The number of esters is 2. The molecule has 0 aliphatic rings. The van der Waals surface area contributed by atoms with E-state index in [2.05, 4.69) is 0 Å². The number of methoxy groups -OCH3 is 2. The maximum atomic E-state index is 12.0. The summed E-state index contributed by atoms with van der Waals surface area (Å²) < 4.78 is 20.1. The van der Waals surface area contributed by atoms with Gasteiger partial charge in [-0.3, -0.25) is 0 Å². The molecule has 0 aliphatic carbocycles. The molecule has 0 saturated carbocycles. The smallest absolute Gasteiger partial charge is 0.345 e. The largest absolute Gasteiger partial charge is 0.497 e. The van der Waals surface area contributed by atoms with E-state index in [9.17, 15) is 9.59 Å². The summed E-state index contributed by atoms with van der Waals surface area (Å²) in [5.74, 6) is -0.428. The van der Waals surface area contributed by atoms with Crippen LogP contribution in [0.5, 0.6) is 11.5 Å². The average molecular weight is 308 g/mol. The number of benzene rings is 1. The molecule has 0 atom stereocenters. The molecule has 1 aromatic carbocycles. The van der Waals surface area contributed by atoms with Crippen molar-refractivity contribution in [2.45, 2.75) is 13.8 Å². The minimum Gasteiger partial charge on any atom is -0.497 e. The highest BCUT2D eigenvalue weighted by molar-refractivity contribution is 6.17. The van der Waals surface area contributed by atoms with Crippen LogP contribution in [-0.4, -0.2) is 39.4 Å². The highest BCUT2D eigenvalue weighted by Crippen LogP contribution is 2.26. The summed E-state index contributed by atoms with van der Waals surface area (Å²) in [6, 6.07) is 5.04. The van der Waals surface area contributed by atoms with Crippen molar-refractivity contribution < 1.29 is 28.5 Å². The zero-order valence-corrected chi connectivity index (χ0v) is 13.2. The Morgan fingerprint density at radius 1 is 1.00 bits per heavy atom. The van der Waals surface area contributed by atoms with Crippen molar-refractivity contribution in [2.75, 3.05) is 27.4 Å². The predicted molar refractivity (Wildman–Crippen MR) is 80.8 cm³/mol. The number of hydrogen-bond acceptors (Lipinski definition) is 6. The molecule has 0 aromatic heterocycles. The summed E-state index contributed by atoms with van der Waals surface area (Å²) in [5.41, 5.74) is 0.313. The van der Waals surface area contributed by atoms with E-state index in [1.165, 1.54) is 20.3 Å². The summed E-state index contributed by atoms with van der Waals surface area (Å²) >= 11 is 0. The van der Waals surface area contributed by atoms with Crippen LogP contribution in [-0.2, 0) is 19.1 Å². The Morgan fingerprint density at radius 3 is 2.05 bits per heavy atom. The number of carbonyl (C=O) groups is 2. The predicted octanol–water partition coefficient (Wildman–Crippen LogP) is 2.21. The third-order valence-corrected chi connectivity index (χ3v) is 2.73. The molecule has 0 saturated heterocycles. The van der Waals surface area contributed by atoms with Crippen molar-refractivity contribution in [3.63, 3.8) is 0 Å². The molecule has 6 nitrogen and oxygen atoms in total. The quantitative estimate of drug-likeness (QED) is 0.333. The number of hydrogen-bond donors (Lipinski definition) is 0. The Hall–Kier alpha value is -2.50. The average Bonchev–Trinajstić information content (AvgIpc) is 2.52. The van der Waals surface area contributed by atoms with E-state index in [0.717, 1.165) is 0 Å². The van der Waals surface area contributed by atoms with Gasteiger partial charge in [0.05, 0.1) is 27.4 Å². The molecule has 6 heteroatoms. The summed E-state index contributed by atoms with van der Waals surface area (Å²) in [4.78, 5) is 23.9. The lowest BCUT2D eigenvalue weighted by Crippen LogP contribution is -2.18. The lowest BCUT2D eigenvalue weighted by atomic mass is 10.1. The van der Waals surface area contributed by atoms with Crippen molar-refractivity contribution in [3.05, 3.63) is 29.3 Å². The second-order valence-electron chi connectivity index (χ2n) is 4.11. The van der Waals surface area contributed by atoms with Crippen LogP contribution < -0.4 is 9.47 Å². The van der Waals surface area contributed by atoms with Crippen LogP contribution in [0, 0.1) is 0 Å². The number of ether oxygens (including phenoxy) is 4. The van der Waals surface area contributed by atoms with Crippen LogP contribution in [0.25, 0.3) is 6.08 Å². The van der Waals surface area contributed by atoms with Crippen LogP contribution in [0.15, 0.2) is 23.8 Å². The van der Waals surface area contributed by atoms with Crippen molar-refractivity contribution in [1.29, 1.82) is 0 Å². The molecule has 1 aromatic rings. The number of carbonyl (C=O) groups excluding carboxylic acids is 2. The van der Waals surface area contributed by atoms with E-state index < -0.39 is 11.9 Å². The Kier molecular flexibility index (Phi) is 6.95. The summed E-state index contributed by atoms with van der Waals surface area (Å²) in [7, 11) is 3.01. The first-order valence-corrected chi connectivity index (χ1v) is 6.85. The standard InChI is InChI=1S/C16H20O6/c1-5-21-15(17)13(16(18)22-6-2)10-11-9-12(19-3)7-8-14(11)20-4/h7-10H,5-6H2,1-4H3. The third kappa shape index (κ3) is 4.51. The molecule has 0 N–H and O–H groups in total. The molecule has 0 radical (unpaired) electrons. The highest BCUT2D eigenvalue weighted by Gasteiger charge is 2.21. The van der Waals surface area contributed by atoms with E-state index in [-0.39, 0.29) is 18.8 Å². The number of rotatable bonds is 7. The monoisotopic (exact) mass is 308 g/mol. The summed E-state index contributed by atoms with van der Waals surface area (Å²) in [6.07, 6.45) is 1.37. The first kappa shape index (κ1) is 17.6. The molecule has 0 unspecified atom stereocenters.